The molecule has 0 rings (SSSR count). The van der Waals surface area contributed by atoms with E-state index in [1.807, 2.05) is 0 Å². The Morgan fingerprint density at radius 3 is 2.50 bits per heavy atom. The Morgan fingerprint density at radius 1 is 1.38 bits per heavy atom. The summed E-state index contributed by atoms with van der Waals surface area (Å²) in [5.74, 6) is -1.47. The van der Waals surface area contributed by atoms with Gasteiger partial charge in [0.15, 0.2) is 0 Å². The molecule has 2 N–H and O–H groups in total. The first kappa shape index (κ1) is 14.6. The van der Waals surface area contributed by atoms with Gasteiger partial charge in [0.2, 0.25) is 0 Å². The van der Waals surface area contributed by atoms with Crippen molar-refractivity contribution in [1.29, 1.82) is 0 Å². The maximum atomic E-state index is 11.1. The van der Waals surface area contributed by atoms with Gasteiger partial charge in [0.1, 0.15) is 0 Å². The zero-order valence-electron chi connectivity index (χ0n) is 9.44. The lowest BCUT2D eigenvalue weighted by Gasteiger charge is -2.11. The lowest BCUT2D eigenvalue weighted by atomic mass is 10.0. The number of carboxylic acids is 1. The highest BCUT2D eigenvalue weighted by Crippen LogP contribution is 2.11. The minimum absolute atomic E-state index is 0.0252. The van der Waals surface area contributed by atoms with Crippen molar-refractivity contribution >= 4 is 11.9 Å². The molecule has 5 nitrogen and oxygen atoms in total. The molecule has 1 atom stereocenters. The Hall–Kier alpha value is -1.36. The van der Waals surface area contributed by atoms with Crippen molar-refractivity contribution in [2.45, 2.75) is 38.7 Å². The quantitative estimate of drug-likeness (QED) is 0.371. The summed E-state index contributed by atoms with van der Waals surface area (Å²) < 4.78 is 4.68. The van der Waals surface area contributed by atoms with Gasteiger partial charge in [0.25, 0.3) is 0 Å². The van der Waals surface area contributed by atoms with Gasteiger partial charge < -0.3 is 14.9 Å². The molecular formula is C11H18O5. The molecule has 0 radical (unpaired) electrons. The second-order valence-electron chi connectivity index (χ2n) is 3.40. The van der Waals surface area contributed by atoms with Crippen molar-refractivity contribution in [3.63, 3.8) is 0 Å². The summed E-state index contributed by atoms with van der Waals surface area (Å²) >= 11 is 0. The number of aliphatic hydroxyl groups is 1. The van der Waals surface area contributed by atoms with Crippen LogP contribution in [0.4, 0.5) is 0 Å². The topological polar surface area (TPSA) is 83.8 Å². The van der Waals surface area contributed by atoms with Crippen LogP contribution < -0.4 is 0 Å². The van der Waals surface area contributed by atoms with Gasteiger partial charge in [-0.2, -0.15) is 0 Å². The molecular weight excluding hydrogens is 212 g/mol. The highest BCUT2D eigenvalue weighted by atomic mass is 16.5. The van der Waals surface area contributed by atoms with Gasteiger partial charge in [-0.1, -0.05) is 6.58 Å². The summed E-state index contributed by atoms with van der Waals surface area (Å²) in [7, 11) is 0. The molecule has 0 heterocycles. The Kier molecular flexibility index (Phi) is 7.20. The van der Waals surface area contributed by atoms with Crippen LogP contribution in [0.25, 0.3) is 0 Å². The van der Waals surface area contributed by atoms with E-state index in [1.54, 1.807) is 6.92 Å². The molecule has 5 heteroatoms. The van der Waals surface area contributed by atoms with Crippen LogP contribution >= 0.6 is 0 Å². The number of esters is 1. The number of unbranched alkanes of at least 4 members (excludes halogenated alkanes) is 1. The third-order valence-electron chi connectivity index (χ3n) is 2.06. The van der Waals surface area contributed by atoms with E-state index >= 15 is 0 Å². The summed E-state index contributed by atoms with van der Waals surface area (Å²) in [6.07, 6.45) is 0.450. The second kappa shape index (κ2) is 7.87. The molecule has 0 aliphatic heterocycles. The second-order valence-corrected chi connectivity index (χ2v) is 3.40. The van der Waals surface area contributed by atoms with E-state index in [2.05, 4.69) is 11.3 Å². The van der Waals surface area contributed by atoms with Crippen LogP contribution in [0.15, 0.2) is 12.2 Å². The van der Waals surface area contributed by atoms with Crippen molar-refractivity contribution in [3.8, 4) is 0 Å². The summed E-state index contributed by atoms with van der Waals surface area (Å²) in [5.41, 5.74) is 0.0252. The van der Waals surface area contributed by atoms with E-state index < -0.39 is 18.0 Å². The van der Waals surface area contributed by atoms with Gasteiger partial charge in [-0.05, 0) is 26.2 Å². The minimum atomic E-state index is -0.951. The number of carbonyl (C=O) groups is 2. The third kappa shape index (κ3) is 6.19. The van der Waals surface area contributed by atoms with Gasteiger partial charge in [0, 0.05) is 6.42 Å². The Bertz CT molecular complexity index is 259. The standard InChI is InChI=1S/C11H18O5/c1-3-16-11(15)8(2)9(12)6-4-5-7-10(13)14/h9,12H,2-7H2,1H3,(H,13,14). The van der Waals surface area contributed by atoms with Gasteiger partial charge in [-0.25, -0.2) is 4.79 Å². The third-order valence-corrected chi connectivity index (χ3v) is 2.06. The van der Waals surface area contributed by atoms with Crippen molar-refractivity contribution in [3.05, 3.63) is 12.2 Å². The number of hydrogen-bond acceptors (Lipinski definition) is 4. The van der Waals surface area contributed by atoms with Crippen LogP contribution in [0.1, 0.15) is 32.6 Å². The van der Waals surface area contributed by atoms with Crippen molar-refractivity contribution in [2.75, 3.05) is 6.61 Å². The van der Waals surface area contributed by atoms with E-state index in [0.717, 1.165) is 0 Å². The van der Waals surface area contributed by atoms with Gasteiger partial charge in [-0.3, -0.25) is 4.79 Å². The van der Waals surface area contributed by atoms with Gasteiger partial charge >= 0.3 is 11.9 Å². The monoisotopic (exact) mass is 230 g/mol. The number of carboxylic acid groups (broad SMARTS) is 1. The van der Waals surface area contributed by atoms with Crippen LogP contribution in [0, 0.1) is 0 Å². The lowest BCUT2D eigenvalue weighted by Crippen LogP contribution is -2.19. The van der Waals surface area contributed by atoms with E-state index in [-0.39, 0.29) is 18.6 Å². The van der Waals surface area contributed by atoms with E-state index in [9.17, 15) is 14.7 Å². The zero-order valence-corrected chi connectivity index (χ0v) is 9.44. The highest BCUT2D eigenvalue weighted by Gasteiger charge is 2.16. The van der Waals surface area contributed by atoms with Crippen molar-refractivity contribution in [2.24, 2.45) is 0 Å². The Labute approximate surface area is 94.7 Å². The first-order chi connectivity index (χ1) is 7.49. The van der Waals surface area contributed by atoms with Crippen molar-refractivity contribution in [1.82, 2.24) is 0 Å². The molecule has 16 heavy (non-hydrogen) atoms. The molecule has 0 aromatic rings. The summed E-state index contributed by atoms with van der Waals surface area (Å²) in [4.78, 5) is 21.4. The van der Waals surface area contributed by atoms with Crippen LogP contribution in [-0.2, 0) is 14.3 Å². The van der Waals surface area contributed by atoms with Gasteiger partial charge in [-0.15, -0.1) is 0 Å². The Morgan fingerprint density at radius 2 is 2.00 bits per heavy atom. The molecule has 92 valence electrons. The van der Waals surface area contributed by atoms with Crippen LogP contribution in [0.5, 0.6) is 0 Å². The maximum absolute atomic E-state index is 11.1. The number of aliphatic hydroxyl groups excluding tert-OH is 1. The molecule has 0 amide bonds. The number of aliphatic carboxylic acids is 1. The predicted octanol–water partition coefficient (Wildman–Crippen LogP) is 1.11. The lowest BCUT2D eigenvalue weighted by molar-refractivity contribution is -0.140. The minimum Gasteiger partial charge on any atom is -0.481 e. The molecule has 0 aliphatic carbocycles. The smallest absolute Gasteiger partial charge is 0.336 e. The fourth-order valence-corrected chi connectivity index (χ4v) is 1.15. The molecule has 1 unspecified atom stereocenters. The maximum Gasteiger partial charge on any atom is 0.336 e. The summed E-state index contributed by atoms with van der Waals surface area (Å²) in [6, 6.07) is 0. The highest BCUT2D eigenvalue weighted by molar-refractivity contribution is 5.88. The first-order valence-corrected chi connectivity index (χ1v) is 5.24. The molecule has 0 fully saturated rings. The average Bonchev–Trinajstić information content (AvgIpc) is 2.23. The zero-order chi connectivity index (χ0) is 12.6. The molecule has 0 aromatic heterocycles. The predicted molar refractivity (Wildman–Crippen MR) is 57.9 cm³/mol. The van der Waals surface area contributed by atoms with E-state index in [1.165, 1.54) is 0 Å². The molecule has 0 bridgehead atoms. The summed E-state index contributed by atoms with van der Waals surface area (Å²) in [6.45, 7) is 5.36. The van der Waals surface area contributed by atoms with E-state index in [4.69, 9.17) is 5.11 Å². The summed E-state index contributed by atoms with van der Waals surface area (Å²) in [5, 5.41) is 17.9. The van der Waals surface area contributed by atoms with Crippen LogP contribution in [-0.4, -0.2) is 34.9 Å². The average molecular weight is 230 g/mol. The number of rotatable bonds is 8. The normalized spacial score (nSPS) is 11.9. The molecule has 0 spiro atoms. The fraction of sp³-hybridized carbons (Fsp3) is 0.636. The number of hydrogen-bond donors (Lipinski definition) is 2. The fourth-order valence-electron chi connectivity index (χ4n) is 1.15. The van der Waals surface area contributed by atoms with Gasteiger partial charge in [0.05, 0.1) is 18.3 Å². The molecule has 0 aliphatic rings. The number of carbonyl (C=O) groups excluding carboxylic acids is 1. The van der Waals surface area contributed by atoms with Crippen molar-refractivity contribution < 1.29 is 24.5 Å². The SMILES string of the molecule is C=C(C(=O)OCC)C(O)CCCCC(=O)O. The van der Waals surface area contributed by atoms with E-state index in [0.29, 0.717) is 19.3 Å². The van der Waals surface area contributed by atoms with Crippen LogP contribution in [0.2, 0.25) is 0 Å². The largest absolute Gasteiger partial charge is 0.481 e. The molecule has 0 saturated carbocycles. The number of ether oxygens (including phenoxy) is 1. The Balaban J connectivity index is 3.79. The molecule has 0 aromatic carbocycles. The molecule has 0 saturated heterocycles. The first-order valence-electron chi connectivity index (χ1n) is 5.24. The van der Waals surface area contributed by atoms with Crippen LogP contribution in [0.3, 0.4) is 0 Å².